The summed E-state index contributed by atoms with van der Waals surface area (Å²) in [6, 6.07) is 6.03. The minimum atomic E-state index is -3.28. The molecule has 1 fully saturated rings. The summed E-state index contributed by atoms with van der Waals surface area (Å²) >= 11 is 0. The quantitative estimate of drug-likeness (QED) is 0.129. The molecule has 42 heavy (non-hydrogen) atoms. The van der Waals surface area contributed by atoms with Crippen molar-refractivity contribution in [2.24, 2.45) is 0 Å². The van der Waals surface area contributed by atoms with Gasteiger partial charge in [0.25, 0.3) is 0 Å². The van der Waals surface area contributed by atoms with E-state index in [2.05, 4.69) is 9.72 Å². The van der Waals surface area contributed by atoms with Gasteiger partial charge in [-0.05, 0) is 84.1 Å². The standard InChI is InChI=1S/C21H26FNO5.C8H17O5P/c1-14-19(23-21(28-14)15-7-9-16(22)10-8-15)13-27-18-5-2-4-17(12-18)26-11-3-6-20(24)25;1-4-11-8(9)7-14(10,12-5-2)13-6-3/h7-10,17-18H,2-6,11-13H2,1H3,(H,24,25);4-7H2,1-3H3. The molecule has 0 amide bonds. The summed E-state index contributed by atoms with van der Waals surface area (Å²) in [7, 11) is -3.28. The maximum absolute atomic E-state index is 13.1. The molecule has 13 heteroatoms. The van der Waals surface area contributed by atoms with E-state index in [4.69, 9.17) is 28.0 Å². The van der Waals surface area contributed by atoms with Gasteiger partial charge in [-0.3, -0.25) is 14.2 Å². The van der Waals surface area contributed by atoms with Gasteiger partial charge in [-0.2, -0.15) is 0 Å². The highest BCUT2D eigenvalue weighted by Gasteiger charge is 2.28. The molecule has 2 aromatic rings. The molecule has 3 rings (SSSR count). The molecule has 1 aliphatic carbocycles. The van der Waals surface area contributed by atoms with Crippen LogP contribution in [0.1, 0.15) is 70.8 Å². The number of carbonyl (C=O) groups excluding carboxylic acids is 1. The molecule has 1 N–H and O–H groups in total. The number of rotatable bonds is 16. The molecular weight excluding hydrogens is 572 g/mol. The van der Waals surface area contributed by atoms with Gasteiger partial charge in [0.2, 0.25) is 5.89 Å². The molecule has 2 atom stereocenters. The zero-order valence-electron chi connectivity index (χ0n) is 24.8. The van der Waals surface area contributed by atoms with Crippen molar-refractivity contribution in [1.29, 1.82) is 0 Å². The van der Waals surface area contributed by atoms with E-state index in [-0.39, 0.29) is 50.4 Å². The third-order valence-corrected chi connectivity index (χ3v) is 8.13. The molecule has 1 heterocycles. The van der Waals surface area contributed by atoms with Crippen molar-refractivity contribution in [3.05, 3.63) is 41.5 Å². The highest BCUT2D eigenvalue weighted by atomic mass is 31.2. The molecule has 0 radical (unpaired) electrons. The number of esters is 1. The number of hydrogen-bond donors (Lipinski definition) is 1. The monoisotopic (exact) mass is 615 g/mol. The average molecular weight is 616 g/mol. The number of benzene rings is 1. The number of aryl methyl sites for hydroxylation is 1. The number of carboxylic acids is 1. The summed E-state index contributed by atoms with van der Waals surface area (Å²) in [6.45, 7) is 8.48. The number of oxazole rings is 1. The van der Waals surface area contributed by atoms with Gasteiger partial charge in [0.15, 0.2) is 0 Å². The van der Waals surface area contributed by atoms with E-state index in [1.807, 2.05) is 6.92 Å². The third kappa shape index (κ3) is 13.1. The number of hydrogen-bond acceptors (Lipinski definition) is 10. The van der Waals surface area contributed by atoms with E-state index in [1.165, 1.54) is 12.1 Å². The summed E-state index contributed by atoms with van der Waals surface area (Å²) in [5, 5.41) is 8.67. The molecule has 0 bridgehead atoms. The minimum absolute atomic E-state index is 0.0867. The van der Waals surface area contributed by atoms with E-state index in [9.17, 15) is 18.5 Å². The first-order valence-corrected chi connectivity index (χ1v) is 16.0. The van der Waals surface area contributed by atoms with Crippen molar-refractivity contribution in [2.75, 3.05) is 32.6 Å². The normalized spacial score (nSPS) is 16.9. The van der Waals surface area contributed by atoms with Gasteiger partial charge in [-0.15, -0.1) is 0 Å². The molecule has 1 saturated carbocycles. The fourth-order valence-electron chi connectivity index (χ4n) is 4.24. The van der Waals surface area contributed by atoms with Crippen LogP contribution >= 0.6 is 7.60 Å². The summed E-state index contributed by atoms with van der Waals surface area (Å²) in [6.07, 6.45) is 4.31. The Hall–Kier alpha value is -2.63. The zero-order chi connectivity index (χ0) is 31.0. The van der Waals surface area contributed by atoms with Gasteiger partial charge in [0.1, 0.15) is 23.4 Å². The number of carboxylic acid groups (broad SMARTS) is 1. The Bertz CT molecular complexity index is 1130. The number of ether oxygens (including phenoxy) is 3. The summed E-state index contributed by atoms with van der Waals surface area (Å²) in [5.41, 5.74) is 1.46. The number of carbonyl (C=O) groups is 2. The van der Waals surface area contributed by atoms with Crippen LogP contribution in [0.5, 0.6) is 0 Å². The summed E-state index contributed by atoms with van der Waals surface area (Å²) < 4.78 is 56.9. The predicted octanol–water partition coefficient (Wildman–Crippen LogP) is 6.31. The highest BCUT2D eigenvalue weighted by Crippen LogP contribution is 2.47. The maximum Gasteiger partial charge on any atom is 0.341 e. The third-order valence-electron chi connectivity index (χ3n) is 6.19. The van der Waals surface area contributed by atoms with Crippen LogP contribution in [-0.4, -0.2) is 66.8 Å². The van der Waals surface area contributed by atoms with Crippen LogP contribution in [-0.2, 0) is 44.0 Å². The highest BCUT2D eigenvalue weighted by molar-refractivity contribution is 7.54. The average Bonchev–Trinajstić information content (AvgIpc) is 3.31. The molecule has 236 valence electrons. The molecule has 1 aliphatic rings. The van der Waals surface area contributed by atoms with Gasteiger partial charge in [-0.25, -0.2) is 9.37 Å². The van der Waals surface area contributed by atoms with Gasteiger partial charge in [0.05, 0.1) is 38.6 Å². The topological polar surface area (TPSA) is 144 Å². The molecule has 0 aliphatic heterocycles. The molecule has 11 nitrogen and oxygen atoms in total. The predicted molar refractivity (Wildman–Crippen MR) is 153 cm³/mol. The fraction of sp³-hybridized carbons (Fsp3) is 0.621. The van der Waals surface area contributed by atoms with Crippen LogP contribution in [0.2, 0.25) is 0 Å². The molecule has 0 saturated heterocycles. The Morgan fingerprint density at radius 1 is 1.05 bits per heavy atom. The smallest absolute Gasteiger partial charge is 0.341 e. The molecule has 1 aromatic heterocycles. The lowest BCUT2D eigenvalue weighted by Gasteiger charge is -2.29. The van der Waals surface area contributed by atoms with Crippen molar-refractivity contribution in [1.82, 2.24) is 4.98 Å². The number of aliphatic carboxylic acids is 1. The van der Waals surface area contributed by atoms with Crippen LogP contribution in [0, 0.1) is 12.7 Å². The summed E-state index contributed by atoms with van der Waals surface area (Å²) in [5.74, 6) is -0.502. The van der Waals surface area contributed by atoms with Crippen molar-refractivity contribution in [2.45, 2.75) is 85.0 Å². The van der Waals surface area contributed by atoms with Crippen LogP contribution in [0.3, 0.4) is 0 Å². The van der Waals surface area contributed by atoms with E-state index in [1.54, 1.807) is 32.9 Å². The Morgan fingerprint density at radius 2 is 1.69 bits per heavy atom. The molecular formula is C29H43FNO10P. The molecule has 1 aromatic carbocycles. The lowest BCUT2D eigenvalue weighted by atomic mass is 9.95. The Kier molecular flexibility index (Phi) is 15.9. The molecule has 0 spiro atoms. The number of nitrogens with zero attached hydrogens (tertiary/aromatic N) is 1. The van der Waals surface area contributed by atoms with Gasteiger partial charge in [0, 0.05) is 18.6 Å². The first-order valence-electron chi connectivity index (χ1n) is 14.3. The second kappa shape index (κ2) is 18.8. The van der Waals surface area contributed by atoms with Crippen molar-refractivity contribution in [3.63, 3.8) is 0 Å². The number of aromatic nitrogens is 1. The minimum Gasteiger partial charge on any atom is -0.481 e. The fourth-order valence-corrected chi connectivity index (χ4v) is 5.69. The van der Waals surface area contributed by atoms with Crippen LogP contribution in [0.25, 0.3) is 11.5 Å². The van der Waals surface area contributed by atoms with Crippen molar-refractivity contribution < 1.29 is 51.3 Å². The Balaban J connectivity index is 0.000000374. The van der Waals surface area contributed by atoms with Crippen LogP contribution < -0.4 is 0 Å². The van der Waals surface area contributed by atoms with E-state index in [0.29, 0.717) is 31.3 Å². The van der Waals surface area contributed by atoms with E-state index in [0.717, 1.165) is 36.9 Å². The Morgan fingerprint density at radius 3 is 2.29 bits per heavy atom. The molecule has 2 unspecified atom stereocenters. The second-order valence-electron chi connectivity index (χ2n) is 9.53. The van der Waals surface area contributed by atoms with Crippen LogP contribution in [0.4, 0.5) is 4.39 Å². The van der Waals surface area contributed by atoms with Crippen molar-refractivity contribution in [3.8, 4) is 11.5 Å². The van der Waals surface area contributed by atoms with Crippen molar-refractivity contribution >= 4 is 19.5 Å². The number of halogens is 1. The SMILES string of the molecule is CCOC(=O)CP(=O)(OCC)OCC.Cc1oc(-c2ccc(F)cc2)nc1COC1CCCC(OCCCC(=O)O)C1. The lowest BCUT2D eigenvalue weighted by Crippen LogP contribution is -2.28. The first kappa shape index (κ1) is 35.6. The van der Waals surface area contributed by atoms with Gasteiger partial charge in [-0.1, -0.05) is 0 Å². The largest absolute Gasteiger partial charge is 0.481 e. The second-order valence-corrected chi connectivity index (χ2v) is 11.6. The maximum atomic E-state index is 13.1. The van der Waals surface area contributed by atoms with E-state index >= 15 is 0 Å². The van der Waals surface area contributed by atoms with Gasteiger partial charge < -0.3 is 32.8 Å². The summed E-state index contributed by atoms with van der Waals surface area (Å²) in [4.78, 5) is 26.1. The lowest BCUT2D eigenvalue weighted by molar-refractivity contribution is -0.140. The first-order chi connectivity index (χ1) is 20.1. The van der Waals surface area contributed by atoms with Crippen LogP contribution in [0.15, 0.2) is 28.7 Å². The van der Waals surface area contributed by atoms with E-state index < -0.39 is 19.5 Å². The zero-order valence-corrected chi connectivity index (χ0v) is 25.7. The van der Waals surface area contributed by atoms with Gasteiger partial charge >= 0.3 is 19.5 Å². The Labute approximate surface area is 246 Å².